The Hall–Kier alpha value is -1.57. The highest BCUT2D eigenvalue weighted by atomic mass is 16.2. The van der Waals surface area contributed by atoms with Crippen molar-refractivity contribution >= 4 is 11.8 Å². The molecule has 0 aromatic carbocycles. The molecule has 2 unspecified atom stereocenters. The van der Waals surface area contributed by atoms with Crippen LogP contribution in [0.1, 0.15) is 26.2 Å². The number of rotatable bonds is 2. The van der Waals surface area contributed by atoms with E-state index in [4.69, 9.17) is 5.26 Å². The summed E-state index contributed by atoms with van der Waals surface area (Å²) in [6.45, 7) is 2.00. The van der Waals surface area contributed by atoms with Gasteiger partial charge in [0, 0.05) is 6.04 Å². The average Bonchev–Trinajstić information content (AvgIpc) is 2.60. The fourth-order valence-corrected chi connectivity index (χ4v) is 1.79. The van der Waals surface area contributed by atoms with Crippen LogP contribution in [0.3, 0.4) is 0 Å². The molecular weight excluding hydrogens is 194 g/mol. The van der Waals surface area contributed by atoms with Crippen LogP contribution in [0, 0.1) is 17.2 Å². The van der Waals surface area contributed by atoms with Gasteiger partial charge >= 0.3 is 11.8 Å². The number of amides is 2. The predicted molar refractivity (Wildman–Crippen MR) is 53.6 cm³/mol. The summed E-state index contributed by atoms with van der Waals surface area (Å²) in [5.41, 5.74) is 0. The van der Waals surface area contributed by atoms with E-state index in [1.807, 2.05) is 0 Å². The first-order chi connectivity index (χ1) is 7.13. The van der Waals surface area contributed by atoms with Gasteiger partial charge in [0.1, 0.15) is 6.54 Å². The molecule has 0 radical (unpaired) electrons. The van der Waals surface area contributed by atoms with Gasteiger partial charge in [-0.25, -0.2) is 0 Å². The van der Waals surface area contributed by atoms with Gasteiger partial charge in [0.05, 0.1) is 6.07 Å². The Bertz CT molecular complexity index is 296. The molecule has 1 rings (SSSR count). The third-order valence-corrected chi connectivity index (χ3v) is 2.56. The fourth-order valence-electron chi connectivity index (χ4n) is 1.79. The van der Waals surface area contributed by atoms with Crippen molar-refractivity contribution in [2.24, 2.45) is 5.92 Å². The standard InChI is InChI=1S/C10H15N3O2/c1-7-2-3-8(6-7)13-10(15)9(14)12-5-4-11/h7-8H,2-3,5-6H2,1H3,(H,12,14)(H,13,15). The van der Waals surface area contributed by atoms with Crippen LogP contribution in [0.15, 0.2) is 0 Å². The average molecular weight is 209 g/mol. The van der Waals surface area contributed by atoms with Crippen LogP contribution in [0.5, 0.6) is 0 Å². The van der Waals surface area contributed by atoms with Crippen LogP contribution in [0.2, 0.25) is 0 Å². The van der Waals surface area contributed by atoms with E-state index in [0.29, 0.717) is 5.92 Å². The molecule has 1 fully saturated rings. The number of hydrogen-bond donors (Lipinski definition) is 2. The molecule has 0 aromatic heterocycles. The molecule has 2 atom stereocenters. The molecule has 0 aliphatic heterocycles. The molecule has 2 N–H and O–H groups in total. The zero-order valence-electron chi connectivity index (χ0n) is 8.75. The van der Waals surface area contributed by atoms with Crippen molar-refractivity contribution in [3.05, 3.63) is 0 Å². The third kappa shape index (κ3) is 3.58. The maximum atomic E-state index is 11.3. The first kappa shape index (κ1) is 11.5. The van der Waals surface area contributed by atoms with Crippen LogP contribution in [-0.4, -0.2) is 24.4 Å². The summed E-state index contributed by atoms with van der Waals surface area (Å²) >= 11 is 0. The molecular formula is C10H15N3O2. The van der Waals surface area contributed by atoms with E-state index in [-0.39, 0.29) is 12.6 Å². The minimum atomic E-state index is -0.726. The van der Waals surface area contributed by atoms with Gasteiger partial charge in [-0.15, -0.1) is 0 Å². The highest BCUT2D eigenvalue weighted by molar-refractivity contribution is 6.35. The lowest BCUT2D eigenvalue weighted by molar-refractivity contribution is -0.139. The smallest absolute Gasteiger partial charge is 0.310 e. The largest absolute Gasteiger partial charge is 0.345 e. The lowest BCUT2D eigenvalue weighted by Gasteiger charge is -2.11. The van der Waals surface area contributed by atoms with Crippen molar-refractivity contribution in [3.8, 4) is 6.07 Å². The van der Waals surface area contributed by atoms with Crippen LogP contribution < -0.4 is 10.6 Å². The van der Waals surface area contributed by atoms with Gasteiger partial charge in [-0.2, -0.15) is 5.26 Å². The number of nitriles is 1. The Morgan fingerprint density at radius 3 is 2.67 bits per heavy atom. The van der Waals surface area contributed by atoms with Crippen molar-refractivity contribution in [3.63, 3.8) is 0 Å². The van der Waals surface area contributed by atoms with E-state index in [2.05, 4.69) is 17.6 Å². The minimum Gasteiger partial charge on any atom is -0.345 e. The lowest BCUT2D eigenvalue weighted by atomic mass is 10.1. The SMILES string of the molecule is CC1CCC(NC(=O)C(=O)NCC#N)C1. The zero-order chi connectivity index (χ0) is 11.3. The second-order valence-corrected chi connectivity index (χ2v) is 3.93. The molecule has 1 saturated carbocycles. The van der Waals surface area contributed by atoms with Gasteiger partial charge < -0.3 is 10.6 Å². The van der Waals surface area contributed by atoms with Gasteiger partial charge in [0.2, 0.25) is 0 Å². The molecule has 15 heavy (non-hydrogen) atoms. The number of nitrogens with zero attached hydrogens (tertiary/aromatic N) is 1. The van der Waals surface area contributed by atoms with Crippen molar-refractivity contribution in [1.29, 1.82) is 5.26 Å². The molecule has 2 amide bonds. The van der Waals surface area contributed by atoms with Gasteiger partial charge in [0.15, 0.2) is 0 Å². The van der Waals surface area contributed by atoms with E-state index < -0.39 is 11.8 Å². The van der Waals surface area contributed by atoms with Crippen molar-refractivity contribution < 1.29 is 9.59 Å². The van der Waals surface area contributed by atoms with E-state index in [1.54, 1.807) is 6.07 Å². The lowest BCUT2D eigenvalue weighted by Crippen LogP contribution is -2.43. The fraction of sp³-hybridized carbons (Fsp3) is 0.700. The van der Waals surface area contributed by atoms with Crippen LogP contribution in [-0.2, 0) is 9.59 Å². The highest BCUT2D eigenvalue weighted by Gasteiger charge is 2.24. The molecule has 1 aliphatic rings. The molecule has 0 saturated heterocycles. The topological polar surface area (TPSA) is 82.0 Å². The minimum absolute atomic E-state index is 0.111. The Labute approximate surface area is 88.8 Å². The highest BCUT2D eigenvalue weighted by Crippen LogP contribution is 2.24. The Morgan fingerprint density at radius 1 is 1.40 bits per heavy atom. The van der Waals surface area contributed by atoms with Crippen molar-refractivity contribution in [1.82, 2.24) is 10.6 Å². The first-order valence-electron chi connectivity index (χ1n) is 5.09. The number of carbonyl (C=O) groups is 2. The van der Waals surface area contributed by atoms with Crippen molar-refractivity contribution in [2.75, 3.05) is 6.54 Å². The molecule has 82 valence electrons. The predicted octanol–water partition coefficient (Wildman–Crippen LogP) is -0.0690. The first-order valence-corrected chi connectivity index (χ1v) is 5.09. The summed E-state index contributed by atoms with van der Waals surface area (Å²) in [7, 11) is 0. The van der Waals surface area contributed by atoms with E-state index in [0.717, 1.165) is 19.3 Å². The second kappa shape index (κ2) is 5.35. The van der Waals surface area contributed by atoms with Crippen LogP contribution in [0.25, 0.3) is 0 Å². The maximum absolute atomic E-state index is 11.3. The summed E-state index contributed by atoms with van der Waals surface area (Å²) in [6, 6.07) is 1.85. The van der Waals surface area contributed by atoms with Gasteiger partial charge in [-0.3, -0.25) is 9.59 Å². The van der Waals surface area contributed by atoms with Crippen molar-refractivity contribution in [2.45, 2.75) is 32.2 Å². The van der Waals surface area contributed by atoms with E-state index in [1.165, 1.54) is 0 Å². The summed E-state index contributed by atoms with van der Waals surface area (Å²) in [6.07, 6.45) is 2.94. The monoisotopic (exact) mass is 209 g/mol. The number of nitrogens with one attached hydrogen (secondary N) is 2. The molecule has 0 aromatic rings. The molecule has 1 aliphatic carbocycles. The quantitative estimate of drug-likeness (QED) is 0.493. The third-order valence-electron chi connectivity index (χ3n) is 2.56. The van der Waals surface area contributed by atoms with Gasteiger partial charge in [0.25, 0.3) is 0 Å². The molecule has 5 heteroatoms. The Kier molecular flexibility index (Phi) is 4.10. The molecule has 5 nitrogen and oxygen atoms in total. The van der Waals surface area contributed by atoms with Gasteiger partial charge in [-0.05, 0) is 25.2 Å². The second-order valence-electron chi connectivity index (χ2n) is 3.93. The summed E-state index contributed by atoms with van der Waals surface area (Å²) in [4.78, 5) is 22.4. The Morgan fingerprint density at radius 2 is 2.13 bits per heavy atom. The number of hydrogen-bond acceptors (Lipinski definition) is 3. The Balaban J connectivity index is 2.29. The van der Waals surface area contributed by atoms with Crippen LogP contribution >= 0.6 is 0 Å². The van der Waals surface area contributed by atoms with Crippen LogP contribution in [0.4, 0.5) is 0 Å². The molecule has 0 bridgehead atoms. The summed E-state index contributed by atoms with van der Waals surface area (Å²) < 4.78 is 0. The van der Waals surface area contributed by atoms with Gasteiger partial charge in [-0.1, -0.05) is 6.92 Å². The molecule has 0 spiro atoms. The molecule has 0 heterocycles. The maximum Gasteiger partial charge on any atom is 0.310 e. The number of carbonyl (C=O) groups excluding carboxylic acids is 2. The summed E-state index contributed by atoms with van der Waals surface area (Å²) in [5, 5.41) is 13.1. The van der Waals surface area contributed by atoms with E-state index >= 15 is 0 Å². The normalized spacial score (nSPS) is 24.3. The zero-order valence-corrected chi connectivity index (χ0v) is 8.75. The van der Waals surface area contributed by atoms with E-state index in [9.17, 15) is 9.59 Å². The summed E-state index contributed by atoms with van der Waals surface area (Å²) in [5.74, 6) is -0.752.